The highest BCUT2D eigenvalue weighted by Gasteiger charge is 2.11. The van der Waals surface area contributed by atoms with Crippen molar-refractivity contribution in [2.24, 2.45) is 0 Å². The maximum Gasteiger partial charge on any atom is 0.261 e. The second-order valence-corrected chi connectivity index (χ2v) is 4.17. The molecule has 16 heavy (non-hydrogen) atoms. The van der Waals surface area contributed by atoms with Gasteiger partial charge in [-0.2, -0.15) is 0 Å². The number of aromatic nitrogens is 2. The first kappa shape index (κ1) is 10.9. The van der Waals surface area contributed by atoms with Gasteiger partial charge in [-0.05, 0) is 26.0 Å². The molecule has 0 N–H and O–H groups in total. The first-order valence-corrected chi connectivity index (χ1v) is 5.65. The number of aryl methyl sites for hydroxylation is 1. The zero-order chi connectivity index (χ0) is 11.7. The lowest BCUT2D eigenvalue weighted by atomic mass is 10.2. The lowest BCUT2D eigenvalue weighted by molar-refractivity contribution is 0.543. The van der Waals surface area contributed by atoms with E-state index in [0.717, 1.165) is 17.8 Å². The molecule has 0 spiro atoms. The number of rotatable bonds is 2. The third-order valence-corrected chi connectivity index (χ3v) is 2.71. The van der Waals surface area contributed by atoms with E-state index in [2.05, 4.69) is 4.98 Å². The van der Waals surface area contributed by atoms with Crippen molar-refractivity contribution in [3.8, 4) is 0 Å². The minimum absolute atomic E-state index is 0.0671. The summed E-state index contributed by atoms with van der Waals surface area (Å²) in [6.07, 6.45) is 0.776. The Bertz CT molecular complexity index is 570. The summed E-state index contributed by atoms with van der Waals surface area (Å²) in [5.41, 5.74) is 0.860. The van der Waals surface area contributed by atoms with E-state index in [0.29, 0.717) is 5.39 Å². The van der Waals surface area contributed by atoms with Crippen LogP contribution in [-0.4, -0.2) is 9.55 Å². The van der Waals surface area contributed by atoms with Crippen molar-refractivity contribution in [1.82, 2.24) is 9.55 Å². The van der Waals surface area contributed by atoms with Crippen LogP contribution in [0.15, 0.2) is 29.1 Å². The normalized spacial score (nSPS) is 11.2. The van der Waals surface area contributed by atoms with Gasteiger partial charge < -0.3 is 0 Å². The molecule has 0 bridgehead atoms. The summed E-state index contributed by atoms with van der Waals surface area (Å²) in [7, 11) is 0. The van der Waals surface area contributed by atoms with E-state index in [-0.39, 0.29) is 11.6 Å². The predicted molar refractivity (Wildman–Crippen MR) is 65.8 cm³/mol. The molecule has 0 amide bonds. The highest BCUT2D eigenvalue weighted by atomic mass is 16.1. The number of hydrogen-bond donors (Lipinski definition) is 0. The Morgan fingerprint density at radius 3 is 2.62 bits per heavy atom. The van der Waals surface area contributed by atoms with Crippen LogP contribution in [0.2, 0.25) is 0 Å². The Labute approximate surface area is 94.7 Å². The highest BCUT2D eigenvalue weighted by Crippen LogP contribution is 2.11. The van der Waals surface area contributed by atoms with Crippen LogP contribution in [0.25, 0.3) is 10.9 Å². The van der Waals surface area contributed by atoms with E-state index < -0.39 is 0 Å². The zero-order valence-electron chi connectivity index (χ0n) is 9.90. The Hall–Kier alpha value is -1.64. The Balaban J connectivity index is 2.88. The fourth-order valence-electron chi connectivity index (χ4n) is 1.97. The number of hydrogen-bond acceptors (Lipinski definition) is 2. The second-order valence-electron chi connectivity index (χ2n) is 4.17. The van der Waals surface area contributed by atoms with Crippen LogP contribution < -0.4 is 5.56 Å². The van der Waals surface area contributed by atoms with Gasteiger partial charge in [0.1, 0.15) is 5.82 Å². The second kappa shape index (κ2) is 4.08. The zero-order valence-corrected chi connectivity index (χ0v) is 9.90. The molecule has 1 heterocycles. The van der Waals surface area contributed by atoms with Crippen molar-refractivity contribution in [3.63, 3.8) is 0 Å². The average Bonchev–Trinajstić information content (AvgIpc) is 2.28. The van der Waals surface area contributed by atoms with Crippen molar-refractivity contribution in [1.29, 1.82) is 0 Å². The lowest BCUT2D eigenvalue weighted by Gasteiger charge is -2.15. The number of nitrogens with zero attached hydrogens (tertiary/aromatic N) is 2. The van der Waals surface area contributed by atoms with Gasteiger partial charge in [0.2, 0.25) is 0 Å². The topological polar surface area (TPSA) is 34.9 Å². The summed E-state index contributed by atoms with van der Waals surface area (Å²) in [6, 6.07) is 7.67. The van der Waals surface area contributed by atoms with E-state index in [1.807, 2.05) is 45.0 Å². The minimum atomic E-state index is 0.0671. The van der Waals surface area contributed by atoms with Crippen LogP contribution in [0.3, 0.4) is 0 Å². The molecule has 0 atom stereocenters. The van der Waals surface area contributed by atoms with Gasteiger partial charge in [0.05, 0.1) is 10.9 Å². The van der Waals surface area contributed by atoms with Crippen LogP contribution in [0.4, 0.5) is 0 Å². The van der Waals surface area contributed by atoms with Crippen molar-refractivity contribution < 1.29 is 0 Å². The largest absolute Gasteiger partial charge is 0.294 e. The van der Waals surface area contributed by atoms with Crippen LogP contribution in [0.5, 0.6) is 0 Å². The van der Waals surface area contributed by atoms with Crippen molar-refractivity contribution in [2.45, 2.75) is 33.2 Å². The Morgan fingerprint density at radius 2 is 2.00 bits per heavy atom. The summed E-state index contributed by atoms with van der Waals surface area (Å²) < 4.78 is 1.78. The van der Waals surface area contributed by atoms with Crippen molar-refractivity contribution in [2.75, 3.05) is 0 Å². The molecule has 0 radical (unpaired) electrons. The van der Waals surface area contributed by atoms with Gasteiger partial charge in [-0.15, -0.1) is 0 Å². The maximum atomic E-state index is 12.3. The monoisotopic (exact) mass is 216 g/mol. The molecule has 1 aromatic heterocycles. The lowest BCUT2D eigenvalue weighted by Crippen LogP contribution is -2.26. The Kier molecular flexibility index (Phi) is 2.77. The SMILES string of the molecule is CCc1nc2ccccc2c(=O)n1C(C)C. The molecule has 84 valence electrons. The first-order valence-electron chi connectivity index (χ1n) is 5.65. The van der Waals surface area contributed by atoms with Crippen molar-refractivity contribution in [3.05, 3.63) is 40.4 Å². The van der Waals surface area contributed by atoms with Crippen LogP contribution in [0, 0.1) is 0 Å². The average molecular weight is 216 g/mol. The molecule has 3 heteroatoms. The van der Waals surface area contributed by atoms with Gasteiger partial charge >= 0.3 is 0 Å². The number of para-hydroxylation sites is 1. The van der Waals surface area contributed by atoms with Gasteiger partial charge in [-0.25, -0.2) is 4.98 Å². The van der Waals surface area contributed by atoms with E-state index in [1.54, 1.807) is 4.57 Å². The molecule has 0 fully saturated rings. The van der Waals surface area contributed by atoms with Gasteiger partial charge in [0.15, 0.2) is 0 Å². The molecule has 0 saturated heterocycles. The quantitative estimate of drug-likeness (QED) is 0.773. The molecule has 0 saturated carbocycles. The summed E-state index contributed by atoms with van der Waals surface area (Å²) in [6.45, 7) is 6.05. The molecule has 2 rings (SSSR count). The molecule has 2 aromatic rings. The third-order valence-electron chi connectivity index (χ3n) is 2.71. The van der Waals surface area contributed by atoms with E-state index >= 15 is 0 Å². The van der Waals surface area contributed by atoms with Gasteiger partial charge in [-0.3, -0.25) is 9.36 Å². The van der Waals surface area contributed by atoms with Gasteiger partial charge in [-0.1, -0.05) is 19.1 Å². The fourth-order valence-corrected chi connectivity index (χ4v) is 1.97. The highest BCUT2D eigenvalue weighted by molar-refractivity contribution is 5.77. The van der Waals surface area contributed by atoms with Crippen LogP contribution >= 0.6 is 0 Å². The summed E-state index contributed by atoms with van der Waals surface area (Å²) in [5.74, 6) is 0.860. The molecule has 0 unspecified atom stereocenters. The summed E-state index contributed by atoms with van der Waals surface area (Å²) in [4.78, 5) is 16.8. The van der Waals surface area contributed by atoms with Crippen LogP contribution in [0.1, 0.15) is 32.6 Å². The fraction of sp³-hybridized carbons (Fsp3) is 0.385. The van der Waals surface area contributed by atoms with Gasteiger partial charge in [0, 0.05) is 12.5 Å². The van der Waals surface area contributed by atoms with Crippen LogP contribution in [-0.2, 0) is 6.42 Å². The molecule has 0 aliphatic rings. The molecule has 0 aliphatic carbocycles. The van der Waals surface area contributed by atoms with Gasteiger partial charge in [0.25, 0.3) is 5.56 Å². The summed E-state index contributed by atoms with van der Waals surface area (Å²) >= 11 is 0. The van der Waals surface area contributed by atoms with E-state index in [4.69, 9.17) is 0 Å². The predicted octanol–water partition coefficient (Wildman–Crippen LogP) is 2.54. The third kappa shape index (κ3) is 1.62. The Morgan fingerprint density at radius 1 is 1.31 bits per heavy atom. The number of fused-ring (bicyclic) bond motifs is 1. The van der Waals surface area contributed by atoms with E-state index in [1.165, 1.54) is 0 Å². The summed E-state index contributed by atoms with van der Waals surface area (Å²) in [5, 5.41) is 0.702. The molecular formula is C13H16N2O. The van der Waals surface area contributed by atoms with Crippen molar-refractivity contribution >= 4 is 10.9 Å². The minimum Gasteiger partial charge on any atom is -0.294 e. The molecule has 0 aliphatic heterocycles. The van der Waals surface area contributed by atoms with E-state index in [9.17, 15) is 4.79 Å². The molecule has 3 nitrogen and oxygen atoms in total. The standard InChI is InChI=1S/C13H16N2O/c1-4-12-14-11-8-6-5-7-10(11)13(16)15(12)9(2)3/h5-9H,4H2,1-3H3. The first-order chi connectivity index (χ1) is 7.65. The molecular weight excluding hydrogens is 200 g/mol. The smallest absolute Gasteiger partial charge is 0.261 e. The molecule has 1 aromatic carbocycles. The maximum absolute atomic E-state index is 12.3. The number of benzene rings is 1.